The van der Waals surface area contributed by atoms with Gasteiger partial charge in [-0.3, -0.25) is 19.6 Å². The smallest absolute Gasteiger partial charge is 0.267 e. The van der Waals surface area contributed by atoms with E-state index in [-0.39, 0.29) is 18.2 Å². The minimum absolute atomic E-state index is 0.125. The van der Waals surface area contributed by atoms with E-state index >= 15 is 0 Å². The lowest BCUT2D eigenvalue weighted by Gasteiger charge is -2.13. The van der Waals surface area contributed by atoms with Crippen LogP contribution in [0.1, 0.15) is 22.3 Å². The number of benzene rings is 2. The van der Waals surface area contributed by atoms with Crippen molar-refractivity contribution in [2.45, 2.75) is 6.42 Å². The summed E-state index contributed by atoms with van der Waals surface area (Å²) in [6, 6.07) is 13.4. The number of amides is 3. The standard InChI is InChI=1S/C19H16N4O4/c24-17(22-27)10-7-13-3-1-2-4-16(13)21-19(26)14-5-8-15(9-6-14)23-18(25)11-12-20-23/h1-10,12,27H,11H2,(H,21,26)(H,22,24)/b10-7+. The minimum atomic E-state index is -0.675. The molecule has 0 aromatic heterocycles. The van der Waals surface area contributed by atoms with Gasteiger partial charge < -0.3 is 5.32 Å². The van der Waals surface area contributed by atoms with Crippen molar-refractivity contribution in [2.24, 2.45) is 5.10 Å². The number of hydrazone groups is 1. The van der Waals surface area contributed by atoms with Gasteiger partial charge in [-0.25, -0.2) is 10.5 Å². The quantitative estimate of drug-likeness (QED) is 0.429. The highest BCUT2D eigenvalue weighted by atomic mass is 16.5. The molecular weight excluding hydrogens is 348 g/mol. The second-order valence-electron chi connectivity index (χ2n) is 5.61. The molecule has 0 atom stereocenters. The first kappa shape index (κ1) is 18.0. The van der Waals surface area contributed by atoms with E-state index in [9.17, 15) is 14.4 Å². The number of carbonyl (C=O) groups excluding carboxylic acids is 3. The summed E-state index contributed by atoms with van der Waals surface area (Å²) in [6.45, 7) is 0. The van der Waals surface area contributed by atoms with Gasteiger partial charge in [-0.15, -0.1) is 0 Å². The van der Waals surface area contributed by atoms with Gasteiger partial charge in [-0.2, -0.15) is 5.10 Å². The van der Waals surface area contributed by atoms with Crippen LogP contribution in [0.15, 0.2) is 59.7 Å². The minimum Gasteiger partial charge on any atom is -0.321 e. The summed E-state index contributed by atoms with van der Waals surface area (Å²) in [5.74, 6) is -1.14. The fourth-order valence-electron chi connectivity index (χ4n) is 2.47. The van der Waals surface area contributed by atoms with Crippen molar-refractivity contribution in [1.82, 2.24) is 5.48 Å². The van der Waals surface area contributed by atoms with Crippen LogP contribution in [0, 0.1) is 0 Å². The second kappa shape index (κ2) is 8.07. The van der Waals surface area contributed by atoms with Crippen LogP contribution in [-0.4, -0.2) is 29.1 Å². The van der Waals surface area contributed by atoms with E-state index in [4.69, 9.17) is 5.21 Å². The van der Waals surface area contributed by atoms with Gasteiger partial charge >= 0.3 is 0 Å². The summed E-state index contributed by atoms with van der Waals surface area (Å²) in [5, 5.41) is 16.6. The Morgan fingerprint density at radius 2 is 1.85 bits per heavy atom. The zero-order valence-electron chi connectivity index (χ0n) is 14.1. The van der Waals surface area contributed by atoms with Crippen LogP contribution in [0.5, 0.6) is 0 Å². The molecule has 0 saturated heterocycles. The Morgan fingerprint density at radius 3 is 2.52 bits per heavy atom. The van der Waals surface area contributed by atoms with E-state index in [0.717, 1.165) is 6.08 Å². The number of hydroxylamine groups is 1. The summed E-state index contributed by atoms with van der Waals surface area (Å²) in [5.41, 5.74) is 3.60. The van der Waals surface area contributed by atoms with Crippen LogP contribution in [0.4, 0.5) is 11.4 Å². The zero-order chi connectivity index (χ0) is 19.2. The SMILES string of the molecule is O=C(/C=C/c1ccccc1NC(=O)c1ccc(N2N=CCC2=O)cc1)NO. The predicted octanol–water partition coefficient (Wildman–Crippen LogP) is 2.18. The van der Waals surface area contributed by atoms with Crippen molar-refractivity contribution in [2.75, 3.05) is 10.3 Å². The van der Waals surface area contributed by atoms with Gasteiger partial charge in [0.2, 0.25) is 0 Å². The summed E-state index contributed by atoms with van der Waals surface area (Å²) in [7, 11) is 0. The summed E-state index contributed by atoms with van der Waals surface area (Å²) in [4.78, 5) is 35.3. The van der Waals surface area contributed by atoms with Gasteiger partial charge in [-0.1, -0.05) is 18.2 Å². The van der Waals surface area contributed by atoms with E-state index in [0.29, 0.717) is 22.5 Å². The van der Waals surface area contributed by atoms with E-state index < -0.39 is 5.91 Å². The van der Waals surface area contributed by atoms with Crippen molar-refractivity contribution in [3.05, 3.63) is 65.7 Å². The molecule has 8 nitrogen and oxygen atoms in total. The fourth-order valence-corrected chi connectivity index (χ4v) is 2.47. The topological polar surface area (TPSA) is 111 Å². The van der Waals surface area contributed by atoms with Gasteiger partial charge in [0.15, 0.2) is 0 Å². The van der Waals surface area contributed by atoms with E-state index in [2.05, 4.69) is 10.4 Å². The molecular formula is C19H16N4O4. The van der Waals surface area contributed by atoms with Crippen LogP contribution in [0.2, 0.25) is 0 Å². The zero-order valence-corrected chi connectivity index (χ0v) is 14.1. The van der Waals surface area contributed by atoms with Gasteiger partial charge in [0.1, 0.15) is 0 Å². The molecule has 27 heavy (non-hydrogen) atoms. The number of para-hydroxylation sites is 1. The molecule has 0 aliphatic carbocycles. The van der Waals surface area contributed by atoms with E-state index in [1.54, 1.807) is 48.5 Å². The summed E-state index contributed by atoms with van der Waals surface area (Å²) >= 11 is 0. The van der Waals surface area contributed by atoms with Crippen LogP contribution in [0.3, 0.4) is 0 Å². The maximum Gasteiger partial charge on any atom is 0.267 e. The van der Waals surface area contributed by atoms with Gasteiger partial charge in [0.05, 0.1) is 12.1 Å². The maximum absolute atomic E-state index is 12.5. The number of carbonyl (C=O) groups is 3. The lowest BCUT2D eigenvalue weighted by Crippen LogP contribution is -2.19. The first-order chi connectivity index (χ1) is 13.1. The Morgan fingerprint density at radius 1 is 1.11 bits per heavy atom. The third-order valence-corrected chi connectivity index (χ3v) is 3.81. The Kier molecular flexibility index (Phi) is 5.38. The monoisotopic (exact) mass is 364 g/mol. The first-order valence-corrected chi connectivity index (χ1v) is 8.06. The number of rotatable bonds is 5. The van der Waals surface area contributed by atoms with Crippen molar-refractivity contribution in [3.63, 3.8) is 0 Å². The molecule has 1 heterocycles. The van der Waals surface area contributed by atoms with Crippen molar-refractivity contribution in [3.8, 4) is 0 Å². The Bertz CT molecular complexity index is 935. The fraction of sp³-hybridized carbons (Fsp3) is 0.0526. The molecule has 0 radical (unpaired) electrons. The molecule has 2 aromatic rings. The molecule has 0 fully saturated rings. The largest absolute Gasteiger partial charge is 0.321 e. The first-order valence-electron chi connectivity index (χ1n) is 8.06. The molecule has 2 aromatic carbocycles. The lowest BCUT2D eigenvalue weighted by molar-refractivity contribution is -0.124. The highest BCUT2D eigenvalue weighted by molar-refractivity contribution is 6.07. The Labute approximate surface area is 154 Å². The van der Waals surface area contributed by atoms with E-state index in [1.807, 2.05) is 0 Å². The maximum atomic E-state index is 12.5. The molecule has 0 unspecified atom stereocenters. The highest BCUT2D eigenvalue weighted by Crippen LogP contribution is 2.21. The third-order valence-electron chi connectivity index (χ3n) is 3.81. The normalized spacial score (nSPS) is 13.2. The number of anilines is 2. The number of nitrogens with one attached hydrogen (secondary N) is 2. The molecule has 0 saturated carbocycles. The predicted molar refractivity (Wildman–Crippen MR) is 100 cm³/mol. The van der Waals surface area contributed by atoms with Crippen LogP contribution in [-0.2, 0) is 9.59 Å². The number of hydrogen-bond donors (Lipinski definition) is 3. The van der Waals surface area contributed by atoms with Crippen molar-refractivity contribution < 1.29 is 19.6 Å². The third kappa shape index (κ3) is 4.25. The molecule has 1 aliphatic heterocycles. The molecule has 3 amide bonds. The number of nitrogens with zero attached hydrogens (tertiary/aromatic N) is 2. The van der Waals surface area contributed by atoms with Gasteiger partial charge in [-0.05, 0) is 42.0 Å². The molecule has 8 heteroatoms. The Balaban J connectivity index is 1.74. The summed E-state index contributed by atoms with van der Waals surface area (Å²) < 4.78 is 0. The second-order valence-corrected chi connectivity index (χ2v) is 5.61. The molecule has 0 bridgehead atoms. The summed E-state index contributed by atoms with van der Waals surface area (Å²) in [6.07, 6.45) is 4.42. The molecule has 1 aliphatic rings. The lowest BCUT2D eigenvalue weighted by atomic mass is 10.1. The van der Waals surface area contributed by atoms with Gasteiger partial charge in [0.25, 0.3) is 17.7 Å². The average Bonchev–Trinajstić information content (AvgIpc) is 3.13. The average molecular weight is 364 g/mol. The Hall–Kier alpha value is -3.78. The van der Waals surface area contributed by atoms with Crippen LogP contribution >= 0.6 is 0 Å². The van der Waals surface area contributed by atoms with Crippen molar-refractivity contribution in [1.29, 1.82) is 0 Å². The van der Waals surface area contributed by atoms with Gasteiger partial charge in [0, 0.05) is 23.5 Å². The van der Waals surface area contributed by atoms with Crippen molar-refractivity contribution >= 4 is 41.4 Å². The number of hydrogen-bond acceptors (Lipinski definition) is 5. The van der Waals surface area contributed by atoms with Crippen LogP contribution in [0.25, 0.3) is 6.08 Å². The molecule has 3 N–H and O–H groups in total. The van der Waals surface area contributed by atoms with E-state index in [1.165, 1.54) is 22.8 Å². The molecule has 3 rings (SSSR count). The van der Waals surface area contributed by atoms with Crippen LogP contribution < -0.4 is 15.8 Å². The molecule has 0 spiro atoms. The molecule has 136 valence electrons. The highest BCUT2D eigenvalue weighted by Gasteiger charge is 2.18.